The van der Waals surface area contributed by atoms with Gasteiger partial charge in [0.05, 0.1) is 28.4 Å². The topological polar surface area (TPSA) is 84.5 Å². The van der Waals surface area contributed by atoms with Gasteiger partial charge >= 0.3 is 0 Å². The Balaban J connectivity index is 1.78. The van der Waals surface area contributed by atoms with Crippen molar-refractivity contribution in [3.8, 4) is 5.75 Å². The molecule has 10 heteroatoms. The van der Waals surface area contributed by atoms with Gasteiger partial charge in [0, 0.05) is 5.56 Å². The SMILES string of the molecule is COc1ccc(NS(=O)(=O)c2ccc(NC(=O)c3ccc(F)cc3)c(F)c2)cc1Cl. The summed E-state index contributed by atoms with van der Waals surface area (Å²) in [5, 5.41) is 2.51. The fraction of sp³-hybridized carbons (Fsp3) is 0.0500. The van der Waals surface area contributed by atoms with Gasteiger partial charge in [0.1, 0.15) is 17.4 Å². The number of hydrogen-bond donors (Lipinski definition) is 2. The van der Waals surface area contributed by atoms with Crippen molar-refractivity contribution < 1.29 is 26.7 Å². The summed E-state index contributed by atoms with van der Waals surface area (Å²) >= 11 is 5.98. The minimum Gasteiger partial charge on any atom is -0.495 e. The van der Waals surface area contributed by atoms with E-state index in [9.17, 15) is 22.0 Å². The third-order valence-corrected chi connectivity index (χ3v) is 5.68. The largest absolute Gasteiger partial charge is 0.495 e. The summed E-state index contributed by atoms with van der Waals surface area (Å²) in [6.07, 6.45) is 0. The molecule has 0 aliphatic carbocycles. The summed E-state index contributed by atoms with van der Waals surface area (Å²) in [5.41, 5.74) is 0.0520. The smallest absolute Gasteiger partial charge is 0.261 e. The first kappa shape index (κ1) is 21.5. The van der Waals surface area contributed by atoms with Crippen LogP contribution in [-0.4, -0.2) is 21.4 Å². The molecule has 0 saturated heterocycles. The second-order valence-electron chi connectivity index (χ2n) is 6.06. The van der Waals surface area contributed by atoms with Crippen LogP contribution in [0, 0.1) is 11.6 Å². The molecule has 2 N–H and O–H groups in total. The van der Waals surface area contributed by atoms with Crippen molar-refractivity contribution in [2.75, 3.05) is 17.1 Å². The van der Waals surface area contributed by atoms with Crippen LogP contribution in [0.4, 0.5) is 20.2 Å². The number of amides is 1. The van der Waals surface area contributed by atoms with Crippen LogP contribution < -0.4 is 14.8 Å². The predicted molar refractivity (Wildman–Crippen MR) is 110 cm³/mol. The molecular formula is C20H15ClF2N2O4S. The van der Waals surface area contributed by atoms with Gasteiger partial charge in [-0.15, -0.1) is 0 Å². The maximum atomic E-state index is 14.4. The van der Waals surface area contributed by atoms with Gasteiger partial charge in [0.25, 0.3) is 15.9 Å². The lowest BCUT2D eigenvalue weighted by atomic mass is 10.2. The molecule has 0 atom stereocenters. The number of anilines is 2. The lowest BCUT2D eigenvalue weighted by molar-refractivity contribution is 0.102. The van der Waals surface area contributed by atoms with E-state index in [-0.39, 0.29) is 26.9 Å². The van der Waals surface area contributed by atoms with Crippen molar-refractivity contribution in [1.29, 1.82) is 0 Å². The lowest BCUT2D eigenvalue weighted by Gasteiger charge is -2.12. The monoisotopic (exact) mass is 452 g/mol. The van der Waals surface area contributed by atoms with E-state index in [2.05, 4.69) is 10.0 Å². The highest BCUT2D eigenvalue weighted by atomic mass is 35.5. The third-order valence-electron chi connectivity index (χ3n) is 4.01. The minimum atomic E-state index is -4.12. The number of benzene rings is 3. The van der Waals surface area contributed by atoms with Crippen LogP contribution >= 0.6 is 11.6 Å². The zero-order valence-corrected chi connectivity index (χ0v) is 17.0. The maximum Gasteiger partial charge on any atom is 0.261 e. The number of carbonyl (C=O) groups is 1. The standard InChI is InChI=1S/C20H15ClF2N2O4S/c1-29-19-9-6-14(10-16(19)21)25-30(27,28)15-7-8-18(17(23)11-15)24-20(26)12-2-4-13(22)5-3-12/h2-11,25H,1H3,(H,24,26). The molecule has 0 aliphatic rings. The molecule has 3 aromatic rings. The summed E-state index contributed by atoms with van der Waals surface area (Å²) in [6.45, 7) is 0. The summed E-state index contributed by atoms with van der Waals surface area (Å²) in [5.74, 6) is -1.78. The molecule has 0 aliphatic heterocycles. The van der Waals surface area contributed by atoms with Crippen LogP contribution in [-0.2, 0) is 10.0 Å². The van der Waals surface area contributed by atoms with Crippen molar-refractivity contribution >= 4 is 38.9 Å². The average molecular weight is 453 g/mol. The Morgan fingerprint density at radius 2 is 1.70 bits per heavy atom. The molecule has 156 valence electrons. The molecule has 0 bridgehead atoms. The van der Waals surface area contributed by atoms with Crippen LogP contribution in [0.25, 0.3) is 0 Å². The highest BCUT2D eigenvalue weighted by Crippen LogP contribution is 2.29. The molecule has 0 radical (unpaired) electrons. The molecule has 0 heterocycles. The first-order valence-electron chi connectivity index (χ1n) is 8.42. The Morgan fingerprint density at radius 3 is 2.30 bits per heavy atom. The van der Waals surface area contributed by atoms with Crippen molar-refractivity contribution in [3.63, 3.8) is 0 Å². The Morgan fingerprint density at radius 1 is 1.00 bits per heavy atom. The average Bonchev–Trinajstić information content (AvgIpc) is 2.69. The number of nitrogens with one attached hydrogen (secondary N) is 2. The van der Waals surface area contributed by atoms with Gasteiger partial charge in [-0.25, -0.2) is 17.2 Å². The van der Waals surface area contributed by atoms with E-state index >= 15 is 0 Å². The number of methoxy groups -OCH3 is 1. The van der Waals surface area contributed by atoms with Crippen molar-refractivity contribution in [2.24, 2.45) is 0 Å². The fourth-order valence-electron chi connectivity index (χ4n) is 2.50. The molecule has 6 nitrogen and oxygen atoms in total. The van der Waals surface area contributed by atoms with Gasteiger partial charge in [-0.05, 0) is 60.7 Å². The highest BCUT2D eigenvalue weighted by molar-refractivity contribution is 7.92. The van der Waals surface area contributed by atoms with E-state index in [1.807, 2.05) is 0 Å². The summed E-state index contributed by atoms with van der Waals surface area (Å²) in [6, 6.07) is 12.0. The molecule has 3 aromatic carbocycles. The quantitative estimate of drug-likeness (QED) is 0.568. The Bertz CT molecular complexity index is 1200. The zero-order chi connectivity index (χ0) is 21.9. The van der Waals surface area contributed by atoms with E-state index in [1.54, 1.807) is 0 Å². The number of rotatable bonds is 6. The number of hydrogen-bond acceptors (Lipinski definition) is 4. The number of carbonyl (C=O) groups excluding carboxylic acids is 1. The molecular weight excluding hydrogens is 438 g/mol. The highest BCUT2D eigenvalue weighted by Gasteiger charge is 2.18. The van der Waals surface area contributed by atoms with Crippen LogP contribution in [0.2, 0.25) is 5.02 Å². The Hall–Kier alpha value is -3.17. The summed E-state index contributed by atoms with van der Waals surface area (Å²) < 4.78 is 59.7. The first-order valence-corrected chi connectivity index (χ1v) is 10.3. The van der Waals surface area contributed by atoms with E-state index in [0.717, 1.165) is 30.3 Å². The fourth-order valence-corrected chi connectivity index (χ4v) is 3.82. The maximum absolute atomic E-state index is 14.4. The van der Waals surface area contributed by atoms with Gasteiger partial charge in [0.2, 0.25) is 0 Å². The molecule has 3 rings (SSSR count). The van der Waals surface area contributed by atoms with E-state index < -0.39 is 27.6 Å². The van der Waals surface area contributed by atoms with Gasteiger partial charge in [-0.3, -0.25) is 9.52 Å². The van der Waals surface area contributed by atoms with Gasteiger partial charge in [-0.2, -0.15) is 0 Å². The van der Waals surface area contributed by atoms with Crippen molar-refractivity contribution in [2.45, 2.75) is 4.90 Å². The van der Waals surface area contributed by atoms with Gasteiger partial charge in [-0.1, -0.05) is 11.6 Å². The third kappa shape index (κ3) is 4.87. The Kier molecular flexibility index (Phi) is 6.23. The molecule has 30 heavy (non-hydrogen) atoms. The van der Waals surface area contributed by atoms with E-state index in [4.69, 9.17) is 16.3 Å². The molecule has 0 spiro atoms. The van der Waals surface area contributed by atoms with Crippen LogP contribution in [0.5, 0.6) is 5.75 Å². The summed E-state index contributed by atoms with van der Waals surface area (Å²) in [7, 11) is -2.70. The second kappa shape index (κ2) is 8.68. The van der Waals surface area contributed by atoms with Crippen molar-refractivity contribution in [1.82, 2.24) is 0 Å². The second-order valence-corrected chi connectivity index (χ2v) is 8.15. The molecule has 0 fully saturated rings. The number of sulfonamides is 1. The van der Waals surface area contributed by atoms with E-state index in [1.165, 1.54) is 37.4 Å². The van der Waals surface area contributed by atoms with Crippen LogP contribution in [0.15, 0.2) is 65.6 Å². The molecule has 0 unspecified atom stereocenters. The predicted octanol–water partition coefficient (Wildman–Crippen LogP) is 4.68. The van der Waals surface area contributed by atoms with E-state index in [0.29, 0.717) is 5.75 Å². The van der Waals surface area contributed by atoms with Crippen molar-refractivity contribution in [3.05, 3.63) is 82.9 Å². The van der Waals surface area contributed by atoms with Crippen LogP contribution in [0.3, 0.4) is 0 Å². The number of ether oxygens (including phenoxy) is 1. The normalized spacial score (nSPS) is 11.1. The molecule has 1 amide bonds. The van der Waals surface area contributed by atoms with Crippen LogP contribution in [0.1, 0.15) is 10.4 Å². The Labute approximate surface area is 176 Å². The number of halogens is 3. The van der Waals surface area contributed by atoms with Gasteiger partial charge in [0.15, 0.2) is 0 Å². The zero-order valence-electron chi connectivity index (χ0n) is 15.4. The summed E-state index contributed by atoms with van der Waals surface area (Å²) in [4.78, 5) is 11.8. The lowest BCUT2D eigenvalue weighted by Crippen LogP contribution is -2.15. The minimum absolute atomic E-state index is 0.116. The molecule has 0 aromatic heterocycles. The first-order chi connectivity index (χ1) is 14.2. The van der Waals surface area contributed by atoms with Gasteiger partial charge < -0.3 is 10.1 Å². The molecule has 0 saturated carbocycles.